The van der Waals surface area contributed by atoms with Gasteiger partial charge in [0, 0.05) is 11.6 Å². The number of hydrogen-bond donors (Lipinski definition) is 0. The van der Waals surface area contributed by atoms with E-state index in [1.807, 2.05) is 6.07 Å². The van der Waals surface area contributed by atoms with Gasteiger partial charge in [0.15, 0.2) is 0 Å². The van der Waals surface area contributed by atoms with Crippen molar-refractivity contribution >= 4 is 11.9 Å². The van der Waals surface area contributed by atoms with E-state index < -0.39 is 0 Å². The van der Waals surface area contributed by atoms with Crippen LogP contribution in [0.3, 0.4) is 0 Å². The summed E-state index contributed by atoms with van der Waals surface area (Å²) in [5.74, 6) is 0.597. The molecule has 1 nitrogen and oxygen atoms in total. The highest BCUT2D eigenvalue weighted by Crippen LogP contribution is 2.40. The fourth-order valence-electron chi connectivity index (χ4n) is 1.77. The summed E-state index contributed by atoms with van der Waals surface area (Å²) in [5.41, 5.74) is 2.64. The van der Waals surface area contributed by atoms with Crippen LogP contribution in [0.2, 0.25) is 0 Å². The van der Waals surface area contributed by atoms with Gasteiger partial charge in [-0.1, -0.05) is 39.0 Å². The topological polar surface area (TPSA) is 12.4 Å². The smallest absolute Gasteiger partial charge is 0.0667 e. The third kappa shape index (κ3) is 1.11. The molecule has 1 heterocycles. The maximum absolute atomic E-state index is 4.45. The van der Waals surface area contributed by atoms with Crippen LogP contribution in [0.25, 0.3) is 0 Å². The van der Waals surface area contributed by atoms with Crippen LogP contribution in [0, 0.1) is 5.92 Å². The molecule has 1 heteroatoms. The number of hydrogen-bond acceptors (Lipinski definition) is 1. The highest BCUT2D eigenvalue weighted by molar-refractivity contribution is 5.84. The highest BCUT2D eigenvalue weighted by atomic mass is 14.8. The number of benzene rings is 1. The fourth-order valence-corrected chi connectivity index (χ4v) is 1.77. The minimum absolute atomic E-state index is 0.136. The van der Waals surface area contributed by atoms with Gasteiger partial charge in [-0.2, -0.15) is 0 Å². The molecule has 0 bridgehead atoms. The summed E-state index contributed by atoms with van der Waals surface area (Å²) in [5, 5.41) is 0. The zero-order valence-electron chi connectivity index (χ0n) is 8.41. The Hall–Kier alpha value is -1.11. The molecule has 1 aliphatic heterocycles. The molecule has 68 valence electrons. The zero-order valence-corrected chi connectivity index (χ0v) is 8.41. The summed E-state index contributed by atoms with van der Waals surface area (Å²) in [7, 11) is 0. The lowest BCUT2D eigenvalue weighted by molar-refractivity contribution is 0.465. The number of rotatable bonds is 1. The van der Waals surface area contributed by atoms with Crippen molar-refractivity contribution in [3.05, 3.63) is 29.8 Å². The molecule has 13 heavy (non-hydrogen) atoms. The lowest BCUT2D eigenvalue weighted by Gasteiger charge is -2.26. The van der Waals surface area contributed by atoms with Gasteiger partial charge < -0.3 is 0 Å². The van der Waals surface area contributed by atoms with Gasteiger partial charge in [-0.05, 0) is 17.5 Å². The average Bonchev–Trinajstić information content (AvgIpc) is 2.47. The monoisotopic (exact) mass is 173 g/mol. The van der Waals surface area contributed by atoms with Gasteiger partial charge in [0.1, 0.15) is 0 Å². The molecule has 0 saturated heterocycles. The van der Waals surface area contributed by atoms with Crippen LogP contribution in [0.15, 0.2) is 29.3 Å². The second-order valence-corrected chi connectivity index (χ2v) is 4.21. The summed E-state index contributed by atoms with van der Waals surface area (Å²) >= 11 is 0. The zero-order chi connectivity index (χ0) is 9.47. The van der Waals surface area contributed by atoms with Crippen LogP contribution >= 0.6 is 0 Å². The molecule has 0 amide bonds. The highest BCUT2D eigenvalue weighted by Gasteiger charge is 2.33. The fraction of sp³-hybridized carbons (Fsp3) is 0.417. The molecule has 0 aromatic heterocycles. The predicted octanol–water partition coefficient (Wildman–Crippen LogP) is 3.32. The van der Waals surface area contributed by atoms with E-state index in [1.54, 1.807) is 0 Å². The van der Waals surface area contributed by atoms with Crippen molar-refractivity contribution in [3.8, 4) is 0 Å². The van der Waals surface area contributed by atoms with Gasteiger partial charge in [-0.3, -0.25) is 4.99 Å². The molecular formula is C12H15N. The first kappa shape index (κ1) is 8.49. The summed E-state index contributed by atoms with van der Waals surface area (Å²) in [4.78, 5) is 4.45. The van der Waals surface area contributed by atoms with E-state index >= 15 is 0 Å². The number of nitrogens with zero attached hydrogens (tertiary/aromatic N) is 1. The Morgan fingerprint density at radius 1 is 1.23 bits per heavy atom. The Morgan fingerprint density at radius 2 is 1.92 bits per heavy atom. The Morgan fingerprint density at radius 3 is 2.62 bits per heavy atom. The predicted molar refractivity (Wildman–Crippen MR) is 56.8 cm³/mol. The van der Waals surface area contributed by atoms with Crippen molar-refractivity contribution in [2.45, 2.75) is 26.2 Å². The van der Waals surface area contributed by atoms with E-state index in [-0.39, 0.29) is 5.41 Å². The standard InChI is InChI=1S/C12H15N/c1-9(2)12(3)8-13-11-7-5-4-6-10(11)12/h4-9H,1-3H3/t12-/m1/s1. The van der Waals surface area contributed by atoms with E-state index in [1.165, 1.54) is 5.56 Å². The maximum atomic E-state index is 4.45. The molecule has 0 saturated carbocycles. The van der Waals surface area contributed by atoms with Gasteiger partial charge in [0.05, 0.1) is 5.69 Å². The molecule has 1 aromatic rings. The van der Waals surface area contributed by atoms with Crippen molar-refractivity contribution in [2.75, 3.05) is 0 Å². The lowest BCUT2D eigenvalue weighted by atomic mass is 9.75. The van der Waals surface area contributed by atoms with Crippen molar-refractivity contribution < 1.29 is 0 Å². The molecule has 1 atom stereocenters. The Balaban J connectivity index is 2.55. The lowest BCUT2D eigenvalue weighted by Crippen LogP contribution is -2.27. The Bertz CT molecular complexity index is 352. The van der Waals surface area contributed by atoms with Crippen LogP contribution in [-0.4, -0.2) is 6.21 Å². The third-order valence-corrected chi connectivity index (χ3v) is 3.16. The number of aliphatic imine (C=N–C) groups is 1. The van der Waals surface area contributed by atoms with Gasteiger partial charge in [-0.25, -0.2) is 0 Å². The van der Waals surface area contributed by atoms with Crippen molar-refractivity contribution in [3.63, 3.8) is 0 Å². The third-order valence-electron chi connectivity index (χ3n) is 3.16. The molecule has 1 aromatic carbocycles. The molecule has 2 rings (SSSR count). The van der Waals surface area contributed by atoms with Crippen molar-refractivity contribution in [2.24, 2.45) is 10.9 Å². The number of fused-ring (bicyclic) bond motifs is 1. The summed E-state index contributed by atoms with van der Waals surface area (Å²) in [6, 6.07) is 8.40. The first-order valence-corrected chi connectivity index (χ1v) is 4.79. The van der Waals surface area contributed by atoms with E-state index in [0.717, 1.165) is 5.69 Å². The normalized spacial score (nSPS) is 25.2. The van der Waals surface area contributed by atoms with Crippen molar-refractivity contribution in [1.29, 1.82) is 0 Å². The second-order valence-electron chi connectivity index (χ2n) is 4.21. The van der Waals surface area contributed by atoms with Crippen LogP contribution in [0.1, 0.15) is 26.3 Å². The summed E-state index contributed by atoms with van der Waals surface area (Å²) in [6.45, 7) is 6.75. The SMILES string of the molecule is CC(C)[C@@]1(C)C=Nc2ccccc21. The number of para-hydroxylation sites is 1. The molecule has 0 N–H and O–H groups in total. The molecule has 0 radical (unpaired) electrons. The summed E-state index contributed by atoms with van der Waals surface area (Å²) in [6.07, 6.45) is 2.09. The molecule has 0 aliphatic carbocycles. The quantitative estimate of drug-likeness (QED) is 0.617. The summed E-state index contributed by atoms with van der Waals surface area (Å²) < 4.78 is 0. The first-order valence-electron chi connectivity index (χ1n) is 4.79. The first-order chi connectivity index (χ1) is 6.14. The van der Waals surface area contributed by atoms with Crippen LogP contribution in [0.5, 0.6) is 0 Å². The molecule has 0 unspecified atom stereocenters. The van der Waals surface area contributed by atoms with E-state index in [2.05, 4.69) is 50.2 Å². The average molecular weight is 173 g/mol. The minimum Gasteiger partial charge on any atom is -0.260 e. The molecule has 1 aliphatic rings. The van der Waals surface area contributed by atoms with E-state index in [4.69, 9.17) is 0 Å². The van der Waals surface area contributed by atoms with Crippen LogP contribution in [-0.2, 0) is 5.41 Å². The molecule has 0 fully saturated rings. The van der Waals surface area contributed by atoms with E-state index in [9.17, 15) is 0 Å². The molecular weight excluding hydrogens is 158 g/mol. The van der Waals surface area contributed by atoms with E-state index in [0.29, 0.717) is 5.92 Å². The Kier molecular flexibility index (Phi) is 1.76. The van der Waals surface area contributed by atoms with Crippen LogP contribution in [0.4, 0.5) is 5.69 Å². The Labute approximate surface area is 79.5 Å². The van der Waals surface area contributed by atoms with Crippen molar-refractivity contribution in [1.82, 2.24) is 0 Å². The minimum atomic E-state index is 0.136. The van der Waals surface area contributed by atoms with Gasteiger partial charge in [-0.15, -0.1) is 0 Å². The van der Waals surface area contributed by atoms with Crippen LogP contribution < -0.4 is 0 Å². The van der Waals surface area contributed by atoms with Gasteiger partial charge in [0.2, 0.25) is 0 Å². The largest absolute Gasteiger partial charge is 0.260 e. The molecule has 0 spiro atoms. The maximum Gasteiger partial charge on any atom is 0.0667 e. The van der Waals surface area contributed by atoms with Gasteiger partial charge >= 0.3 is 0 Å². The van der Waals surface area contributed by atoms with Gasteiger partial charge in [0.25, 0.3) is 0 Å². The second kappa shape index (κ2) is 2.69.